The number of nitrogens with one attached hydrogen (secondary N) is 1. The summed E-state index contributed by atoms with van der Waals surface area (Å²) in [5.41, 5.74) is 12.3. The molecule has 1 amide bonds. The van der Waals surface area contributed by atoms with E-state index in [1.165, 1.54) is 12.1 Å². The second-order valence-corrected chi connectivity index (χ2v) is 9.48. The molecule has 2 heterocycles. The summed E-state index contributed by atoms with van der Waals surface area (Å²) < 4.78 is 28.2. The molecule has 0 spiro atoms. The Kier molecular flexibility index (Phi) is 7.97. The molecule has 1 unspecified atom stereocenters. The van der Waals surface area contributed by atoms with Gasteiger partial charge in [-0.05, 0) is 55.0 Å². The molecule has 0 bridgehead atoms. The number of benzene rings is 1. The average Bonchev–Trinajstić information content (AvgIpc) is 3.27. The van der Waals surface area contributed by atoms with Crippen molar-refractivity contribution in [2.24, 2.45) is 17.6 Å². The summed E-state index contributed by atoms with van der Waals surface area (Å²) in [6.07, 6.45) is 8.11. The van der Waals surface area contributed by atoms with Gasteiger partial charge in [-0.2, -0.15) is 0 Å². The van der Waals surface area contributed by atoms with E-state index >= 15 is 0 Å². The van der Waals surface area contributed by atoms with E-state index in [0.717, 1.165) is 23.9 Å². The molecule has 1 aliphatic heterocycles. The van der Waals surface area contributed by atoms with Gasteiger partial charge in [-0.1, -0.05) is 29.8 Å². The second kappa shape index (κ2) is 11.1. The summed E-state index contributed by atoms with van der Waals surface area (Å²) in [6, 6.07) is 6.77. The number of aromatic nitrogens is 2. The molecule has 2 aromatic rings. The quantitative estimate of drug-likeness (QED) is 0.477. The number of allylic oxidation sites excluding steroid dienone is 3. The number of amides is 1. The van der Waals surface area contributed by atoms with Crippen LogP contribution in [0.4, 0.5) is 20.4 Å². The van der Waals surface area contributed by atoms with Gasteiger partial charge in [0.15, 0.2) is 5.82 Å². The number of carbonyl (C=O) groups excluding carboxylic acids is 1. The van der Waals surface area contributed by atoms with Crippen LogP contribution >= 0.6 is 11.6 Å². The number of nitrogens with zero attached hydrogens (tertiary/aromatic N) is 3. The second-order valence-electron chi connectivity index (χ2n) is 9.04. The van der Waals surface area contributed by atoms with Crippen LogP contribution in [0.25, 0.3) is 0 Å². The van der Waals surface area contributed by atoms with Gasteiger partial charge < -0.3 is 21.7 Å². The number of nitrogen functional groups attached to an aromatic ring is 1. The first kappa shape index (κ1) is 25.1. The molecule has 7 nitrogen and oxygen atoms in total. The highest BCUT2D eigenvalue weighted by molar-refractivity contribution is 6.31. The van der Waals surface area contributed by atoms with Gasteiger partial charge in [-0.15, -0.1) is 10.2 Å². The normalized spacial score (nSPS) is 22.7. The number of nitrogens with two attached hydrogens (primary N) is 2. The van der Waals surface area contributed by atoms with Crippen molar-refractivity contribution in [3.8, 4) is 0 Å². The average molecular weight is 503 g/mol. The lowest BCUT2D eigenvalue weighted by Crippen LogP contribution is -2.36. The lowest BCUT2D eigenvalue weighted by Gasteiger charge is -2.22. The van der Waals surface area contributed by atoms with Crippen molar-refractivity contribution >= 4 is 29.1 Å². The maximum Gasteiger partial charge on any atom is 0.225 e. The van der Waals surface area contributed by atoms with Gasteiger partial charge in [-0.25, -0.2) is 8.78 Å². The molecule has 0 saturated carbocycles. The molecule has 5 N–H and O–H groups in total. The largest absolute Gasteiger partial charge is 0.382 e. The first-order valence-corrected chi connectivity index (χ1v) is 12.1. The van der Waals surface area contributed by atoms with Crippen molar-refractivity contribution in [3.05, 3.63) is 70.8 Å². The Bertz CT molecular complexity index is 1110. The number of halogens is 3. The van der Waals surface area contributed by atoms with Crippen LogP contribution in [0.1, 0.15) is 30.7 Å². The molecule has 1 aromatic heterocycles. The van der Waals surface area contributed by atoms with Crippen molar-refractivity contribution in [2.75, 3.05) is 30.3 Å². The number of carbonyl (C=O) groups is 1. The van der Waals surface area contributed by atoms with E-state index in [2.05, 4.69) is 15.5 Å². The molecular weight excluding hydrogens is 474 g/mol. The van der Waals surface area contributed by atoms with E-state index in [-0.39, 0.29) is 23.7 Å². The Balaban J connectivity index is 1.39. The number of rotatable bonds is 8. The van der Waals surface area contributed by atoms with Crippen LogP contribution in [0.2, 0.25) is 0 Å². The monoisotopic (exact) mass is 502 g/mol. The van der Waals surface area contributed by atoms with Crippen LogP contribution in [-0.4, -0.2) is 41.8 Å². The Morgan fingerprint density at radius 2 is 2.06 bits per heavy atom. The fourth-order valence-electron chi connectivity index (χ4n) is 4.70. The summed E-state index contributed by atoms with van der Waals surface area (Å²) in [4.78, 5) is 15.0. The maximum absolute atomic E-state index is 14.7. The molecule has 1 aliphatic carbocycles. The van der Waals surface area contributed by atoms with E-state index in [1.807, 2.05) is 23.1 Å². The van der Waals surface area contributed by atoms with E-state index in [4.69, 9.17) is 23.1 Å². The molecule has 0 radical (unpaired) electrons. The van der Waals surface area contributed by atoms with Crippen molar-refractivity contribution < 1.29 is 13.6 Å². The zero-order chi connectivity index (χ0) is 24.9. The third kappa shape index (κ3) is 6.15. The van der Waals surface area contributed by atoms with Crippen molar-refractivity contribution in [1.29, 1.82) is 0 Å². The zero-order valence-corrected chi connectivity index (χ0v) is 20.0. The van der Waals surface area contributed by atoms with E-state index in [1.54, 1.807) is 12.1 Å². The van der Waals surface area contributed by atoms with Gasteiger partial charge in [-0.3, -0.25) is 4.79 Å². The molecule has 1 fully saturated rings. The fourth-order valence-corrected chi connectivity index (χ4v) is 4.86. The number of hydrogen-bond acceptors (Lipinski definition) is 6. The topological polar surface area (TPSA) is 110 Å². The number of hydrogen-bond donors (Lipinski definition) is 3. The summed E-state index contributed by atoms with van der Waals surface area (Å²) in [7, 11) is 0. The van der Waals surface area contributed by atoms with Crippen LogP contribution in [0, 0.1) is 23.5 Å². The van der Waals surface area contributed by atoms with Crippen molar-refractivity contribution in [3.63, 3.8) is 0 Å². The zero-order valence-electron chi connectivity index (χ0n) is 19.2. The van der Waals surface area contributed by atoms with Gasteiger partial charge in [0.25, 0.3) is 0 Å². The van der Waals surface area contributed by atoms with Crippen LogP contribution in [0.3, 0.4) is 0 Å². The summed E-state index contributed by atoms with van der Waals surface area (Å²) in [6.45, 7) is 1.12. The van der Waals surface area contributed by atoms with Crippen LogP contribution in [0.15, 0.2) is 53.6 Å². The SMILES string of the molecule is Nc1ccc(N2C[C@@H](C(=O)NCCC[C@H](N)C3C=CC(Cl)=CC3)[C@H](c3ccc(F)cc3F)C2)nn1. The highest BCUT2D eigenvalue weighted by Crippen LogP contribution is 2.36. The third-order valence-electron chi connectivity index (χ3n) is 6.66. The van der Waals surface area contributed by atoms with Gasteiger partial charge in [0.05, 0.1) is 5.92 Å². The van der Waals surface area contributed by atoms with Crippen LogP contribution in [-0.2, 0) is 4.79 Å². The van der Waals surface area contributed by atoms with Gasteiger partial charge in [0.1, 0.15) is 17.5 Å². The highest BCUT2D eigenvalue weighted by atomic mass is 35.5. The molecule has 10 heteroatoms. The predicted molar refractivity (Wildman–Crippen MR) is 133 cm³/mol. The standard InChI is InChI=1S/C25H29ClF2N6O/c26-16-5-3-15(4-6-16)22(29)2-1-11-31-25(35)20-14-34(24-10-9-23(30)32-33-24)13-19(20)18-8-7-17(27)12-21(18)28/h3,5-10,12,15,19-20,22H,1-2,4,11,13-14,29H2,(H2,30,32)(H,31,35)/t15?,19-,20+,22-/m0/s1. The molecule has 4 atom stereocenters. The van der Waals surface area contributed by atoms with Crippen molar-refractivity contribution in [2.45, 2.75) is 31.2 Å². The first-order chi connectivity index (χ1) is 16.8. The fraction of sp³-hybridized carbons (Fsp3) is 0.400. The van der Waals surface area contributed by atoms with E-state index < -0.39 is 23.5 Å². The Morgan fingerprint density at radius 1 is 1.23 bits per heavy atom. The highest BCUT2D eigenvalue weighted by Gasteiger charge is 2.40. The van der Waals surface area contributed by atoms with Crippen LogP contribution < -0.4 is 21.7 Å². The van der Waals surface area contributed by atoms with Gasteiger partial charge in [0, 0.05) is 42.7 Å². The molecule has 2 aliphatic rings. The van der Waals surface area contributed by atoms with E-state index in [0.29, 0.717) is 37.4 Å². The maximum atomic E-state index is 14.7. The Morgan fingerprint density at radius 3 is 2.74 bits per heavy atom. The van der Waals surface area contributed by atoms with Crippen molar-refractivity contribution in [1.82, 2.24) is 15.5 Å². The summed E-state index contributed by atoms with van der Waals surface area (Å²) in [5.74, 6) is -1.48. The molecule has 1 aromatic carbocycles. The Labute approximate surface area is 208 Å². The molecule has 4 rings (SSSR count). The smallest absolute Gasteiger partial charge is 0.225 e. The minimum absolute atomic E-state index is 0.0312. The third-order valence-corrected chi connectivity index (χ3v) is 6.95. The summed E-state index contributed by atoms with van der Waals surface area (Å²) >= 11 is 5.97. The Hall–Kier alpha value is -3.04. The molecule has 186 valence electrons. The van der Waals surface area contributed by atoms with E-state index in [9.17, 15) is 13.6 Å². The minimum atomic E-state index is -0.668. The first-order valence-electron chi connectivity index (χ1n) is 11.7. The molecule has 1 saturated heterocycles. The lowest BCUT2D eigenvalue weighted by molar-refractivity contribution is -0.124. The van der Waals surface area contributed by atoms with Crippen LogP contribution in [0.5, 0.6) is 0 Å². The minimum Gasteiger partial charge on any atom is -0.382 e. The molecule has 35 heavy (non-hydrogen) atoms. The molecular formula is C25H29ClF2N6O. The summed E-state index contributed by atoms with van der Waals surface area (Å²) in [5, 5.41) is 11.7. The lowest BCUT2D eigenvalue weighted by atomic mass is 9.87. The predicted octanol–water partition coefficient (Wildman–Crippen LogP) is 3.48. The number of anilines is 2. The van der Waals surface area contributed by atoms with Gasteiger partial charge >= 0.3 is 0 Å². The van der Waals surface area contributed by atoms with Gasteiger partial charge in [0.2, 0.25) is 5.91 Å².